The fraction of sp³-hybridized carbons (Fsp3) is 0. The van der Waals surface area contributed by atoms with Crippen LogP contribution in [0.3, 0.4) is 0 Å². The first-order valence-corrected chi connectivity index (χ1v) is 4.34. The third kappa shape index (κ3) is 3.23. The topological polar surface area (TPSA) is 151 Å². The molecule has 0 spiro atoms. The van der Waals surface area contributed by atoms with Gasteiger partial charge in [0, 0.05) is 6.07 Å². The fourth-order valence-electron chi connectivity index (χ4n) is 1.03. The largest absolute Gasteiger partial charge is 0.544 e. The predicted octanol–water partition coefficient (Wildman–Crippen LogP) is -0.349. The second-order valence-electron chi connectivity index (χ2n) is 2.90. The molecule has 1 rings (SSSR count). The Bertz CT molecular complexity index is 540. The van der Waals surface area contributed by atoms with Crippen LogP contribution < -0.4 is 10.5 Å². The molecule has 18 heavy (non-hydrogen) atoms. The molecule has 1 aromatic rings. The smallest absolute Gasteiger partial charge is 0.301 e. The van der Waals surface area contributed by atoms with Gasteiger partial charge in [0.05, 0.1) is 28.1 Å². The highest BCUT2D eigenvalue weighted by molar-refractivity contribution is 6.20. The van der Waals surface area contributed by atoms with Gasteiger partial charge in [0.15, 0.2) is 0 Å². The SMILES string of the molecule is O=C([O-])C=NNc1ccc([N+](=O)[O-])cc1[N+](=O)[O-]. The van der Waals surface area contributed by atoms with Crippen molar-refractivity contribution in [1.82, 2.24) is 0 Å². The summed E-state index contributed by atoms with van der Waals surface area (Å²) in [5.41, 5.74) is 0.839. The molecule has 0 fully saturated rings. The Hall–Kier alpha value is -3.04. The van der Waals surface area contributed by atoms with Crippen LogP contribution in [0.1, 0.15) is 0 Å². The monoisotopic (exact) mass is 253 g/mol. The molecule has 0 aliphatic carbocycles. The molecule has 0 amide bonds. The molecule has 1 N–H and O–H groups in total. The molecule has 0 aliphatic rings. The molecule has 0 atom stereocenters. The van der Waals surface area contributed by atoms with Crippen molar-refractivity contribution in [1.29, 1.82) is 0 Å². The van der Waals surface area contributed by atoms with E-state index in [-0.39, 0.29) is 5.69 Å². The fourth-order valence-corrected chi connectivity index (χ4v) is 1.03. The molecule has 10 nitrogen and oxygen atoms in total. The van der Waals surface area contributed by atoms with E-state index >= 15 is 0 Å². The number of non-ortho nitro benzene ring substituents is 1. The molecule has 0 saturated carbocycles. The number of benzene rings is 1. The average molecular weight is 253 g/mol. The number of aliphatic carboxylic acids is 1. The molecule has 10 heteroatoms. The van der Waals surface area contributed by atoms with Crippen molar-refractivity contribution in [2.45, 2.75) is 0 Å². The molecule has 0 unspecified atom stereocenters. The van der Waals surface area contributed by atoms with Gasteiger partial charge in [-0.1, -0.05) is 0 Å². The highest BCUT2D eigenvalue weighted by atomic mass is 16.6. The van der Waals surface area contributed by atoms with E-state index in [4.69, 9.17) is 0 Å². The van der Waals surface area contributed by atoms with Crippen molar-refractivity contribution < 1.29 is 19.7 Å². The summed E-state index contributed by atoms with van der Waals surface area (Å²) in [6, 6.07) is 2.80. The first-order valence-electron chi connectivity index (χ1n) is 4.34. The number of hydrogen-bond acceptors (Lipinski definition) is 8. The zero-order valence-corrected chi connectivity index (χ0v) is 8.60. The number of nitrogens with one attached hydrogen (secondary N) is 1. The van der Waals surface area contributed by atoms with Crippen molar-refractivity contribution in [2.75, 3.05) is 5.43 Å². The Labute approximate surface area is 98.8 Å². The summed E-state index contributed by atoms with van der Waals surface area (Å²) in [4.78, 5) is 29.5. The number of hydrogen-bond donors (Lipinski definition) is 1. The van der Waals surface area contributed by atoms with Crippen molar-refractivity contribution in [2.24, 2.45) is 5.10 Å². The van der Waals surface area contributed by atoms with E-state index in [1.165, 1.54) is 0 Å². The highest BCUT2D eigenvalue weighted by Crippen LogP contribution is 2.28. The number of nitrogens with zero attached hydrogens (tertiary/aromatic N) is 3. The van der Waals surface area contributed by atoms with Gasteiger partial charge in [0.1, 0.15) is 5.69 Å². The zero-order valence-electron chi connectivity index (χ0n) is 8.60. The Morgan fingerprint density at radius 3 is 2.44 bits per heavy atom. The van der Waals surface area contributed by atoms with Crippen LogP contribution in [0, 0.1) is 20.2 Å². The molecular formula is C8H5N4O6-. The van der Waals surface area contributed by atoms with Crippen molar-refractivity contribution >= 4 is 29.2 Å². The molecule has 0 bridgehead atoms. The zero-order chi connectivity index (χ0) is 13.7. The number of carboxylic acids is 1. The summed E-state index contributed by atoms with van der Waals surface area (Å²) >= 11 is 0. The number of nitro benzene ring substituents is 2. The minimum Gasteiger partial charge on any atom is -0.544 e. The third-order valence-corrected chi connectivity index (χ3v) is 1.74. The Balaban J connectivity index is 3.08. The van der Waals surface area contributed by atoms with Gasteiger partial charge in [-0.15, -0.1) is 0 Å². The van der Waals surface area contributed by atoms with Crippen LogP contribution in [0.15, 0.2) is 23.3 Å². The molecule has 0 heterocycles. The van der Waals surface area contributed by atoms with Crippen LogP contribution in [-0.2, 0) is 4.79 Å². The van der Waals surface area contributed by atoms with Crippen LogP contribution in [0.25, 0.3) is 0 Å². The number of carboxylic acid groups (broad SMARTS) is 1. The average Bonchev–Trinajstić information content (AvgIpc) is 2.28. The van der Waals surface area contributed by atoms with Gasteiger partial charge in [-0.3, -0.25) is 25.7 Å². The number of carbonyl (C=O) groups is 1. The first-order chi connectivity index (χ1) is 8.41. The summed E-state index contributed by atoms with van der Waals surface area (Å²) in [7, 11) is 0. The summed E-state index contributed by atoms with van der Waals surface area (Å²) < 4.78 is 0. The quantitative estimate of drug-likeness (QED) is 0.427. The predicted molar refractivity (Wildman–Crippen MR) is 56.9 cm³/mol. The van der Waals surface area contributed by atoms with E-state index in [1.807, 2.05) is 0 Å². The number of hydrazone groups is 1. The third-order valence-electron chi connectivity index (χ3n) is 1.74. The summed E-state index contributed by atoms with van der Waals surface area (Å²) in [5.74, 6) is -1.59. The van der Waals surface area contributed by atoms with E-state index in [9.17, 15) is 30.1 Å². The Kier molecular flexibility index (Phi) is 3.86. The molecule has 94 valence electrons. The van der Waals surface area contributed by atoms with Crippen LogP contribution in [-0.4, -0.2) is 22.0 Å². The maximum atomic E-state index is 10.7. The van der Waals surface area contributed by atoms with Crippen molar-refractivity contribution in [3.8, 4) is 0 Å². The van der Waals surface area contributed by atoms with Crippen molar-refractivity contribution in [3.05, 3.63) is 38.4 Å². The first kappa shape index (κ1) is 13.0. The van der Waals surface area contributed by atoms with Crippen LogP contribution in [0.2, 0.25) is 0 Å². The lowest BCUT2D eigenvalue weighted by Crippen LogP contribution is -2.23. The van der Waals surface area contributed by atoms with E-state index in [0.29, 0.717) is 6.21 Å². The van der Waals surface area contributed by atoms with E-state index in [2.05, 4.69) is 10.5 Å². The van der Waals surface area contributed by atoms with Gasteiger partial charge in [0.2, 0.25) is 0 Å². The highest BCUT2D eigenvalue weighted by Gasteiger charge is 2.18. The van der Waals surface area contributed by atoms with Crippen LogP contribution in [0.5, 0.6) is 0 Å². The molecular weight excluding hydrogens is 248 g/mol. The summed E-state index contributed by atoms with van der Waals surface area (Å²) in [5, 5.41) is 34.3. The number of carbonyl (C=O) groups excluding carboxylic acids is 1. The van der Waals surface area contributed by atoms with Crippen LogP contribution in [0.4, 0.5) is 17.1 Å². The maximum absolute atomic E-state index is 10.7. The van der Waals surface area contributed by atoms with Gasteiger partial charge < -0.3 is 9.90 Å². The van der Waals surface area contributed by atoms with Crippen LogP contribution >= 0.6 is 0 Å². The Morgan fingerprint density at radius 1 is 1.28 bits per heavy atom. The summed E-state index contributed by atoms with van der Waals surface area (Å²) in [6.07, 6.45) is 0.380. The minimum atomic E-state index is -1.59. The van der Waals surface area contributed by atoms with Gasteiger partial charge >= 0.3 is 5.69 Å². The molecule has 1 aromatic carbocycles. The van der Waals surface area contributed by atoms with E-state index in [1.54, 1.807) is 0 Å². The molecule has 0 aliphatic heterocycles. The van der Waals surface area contributed by atoms with Gasteiger partial charge in [-0.25, -0.2) is 0 Å². The maximum Gasteiger partial charge on any atom is 0.301 e. The number of rotatable bonds is 5. The Morgan fingerprint density at radius 2 is 1.94 bits per heavy atom. The lowest BCUT2D eigenvalue weighted by Gasteiger charge is -2.01. The lowest BCUT2D eigenvalue weighted by atomic mass is 10.2. The van der Waals surface area contributed by atoms with E-state index in [0.717, 1.165) is 18.2 Å². The lowest BCUT2D eigenvalue weighted by molar-refractivity contribution is -0.393. The van der Waals surface area contributed by atoms with Crippen molar-refractivity contribution in [3.63, 3.8) is 0 Å². The molecule has 0 saturated heterocycles. The normalized spacial score (nSPS) is 10.2. The second kappa shape index (κ2) is 5.34. The summed E-state index contributed by atoms with van der Waals surface area (Å²) in [6.45, 7) is 0. The van der Waals surface area contributed by atoms with Gasteiger partial charge in [0.25, 0.3) is 5.69 Å². The second-order valence-corrected chi connectivity index (χ2v) is 2.90. The number of nitro groups is 2. The molecule has 0 aromatic heterocycles. The minimum absolute atomic E-state index is 0.178. The van der Waals surface area contributed by atoms with Gasteiger partial charge in [-0.2, -0.15) is 5.10 Å². The standard InChI is InChI=1S/C8H6N4O6/c13-8(14)4-9-10-6-2-1-5(11(15)16)3-7(6)12(17)18/h1-4,10H,(H,13,14)/p-1. The van der Waals surface area contributed by atoms with Gasteiger partial charge in [-0.05, 0) is 6.07 Å². The molecule has 0 radical (unpaired) electrons. The van der Waals surface area contributed by atoms with E-state index < -0.39 is 27.2 Å². The number of anilines is 1.